The Kier molecular flexibility index (Phi) is 3.83. The fourth-order valence-electron chi connectivity index (χ4n) is 2.66. The van der Waals surface area contributed by atoms with E-state index in [9.17, 15) is 10.2 Å². The Balaban J connectivity index is 2.08. The predicted octanol–water partition coefficient (Wildman–Crippen LogP) is -1.71. The summed E-state index contributed by atoms with van der Waals surface area (Å²) in [6, 6.07) is 0. The van der Waals surface area contributed by atoms with Crippen LogP contribution in [0.4, 0.5) is 11.8 Å². The van der Waals surface area contributed by atoms with Crippen molar-refractivity contribution in [2.75, 3.05) is 31.7 Å². The first-order valence-electron chi connectivity index (χ1n) is 6.90. The lowest BCUT2D eigenvalue weighted by Crippen LogP contribution is -2.36. The van der Waals surface area contributed by atoms with Crippen LogP contribution in [0.5, 0.6) is 0 Å². The molecular formula is C12H19N7O3. The number of imidazole rings is 1. The van der Waals surface area contributed by atoms with Crippen LogP contribution in [-0.2, 0) is 4.74 Å². The SMILES string of the molecule is CNC[C@H]1O[C@@H](n2c(NC)nc3c(N)ncnc32)C(O)C1O. The highest BCUT2D eigenvalue weighted by atomic mass is 16.6. The Bertz CT molecular complexity index is 676. The number of aliphatic hydroxyl groups is 2. The molecule has 0 saturated carbocycles. The minimum Gasteiger partial charge on any atom is -0.387 e. The number of rotatable bonds is 4. The average molecular weight is 309 g/mol. The summed E-state index contributed by atoms with van der Waals surface area (Å²) in [5.74, 6) is 0.656. The maximum absolute atomic E-state index is 10.3. The van der Waals surface area contributed by atoms with Gasteiger partial charge in [0.15, 0.2) is 23.2 Å². The van der Waals surface area contributed by atoms with E-state index in [1.54, 1.807) is 18.7 Å². The maximum Gasteiger partial charge on any atom is 0.207 e. The van der Waals surface area contributed by atoms with Crippen molar-refractivity contribution < 1.29 is 14.9 Å². The highest BCUT2D eigenvalue weighted by Gasteiger charge is 2.44. The molecule has 22 heavy (non-hydrogen) atoms. The van der Waals surface area contributed by atoms with Gasteiger partial charge in [-0.3, -0.25) is 4.57 Å². The number of aromatic nitrogens is 4. The van der Waals surface area contributed by atoms with Crippen molar-refractivity contribution in [2.45, 2.75) is 24.5 Å². The molecule has 0 amide bonds. The summed E-state index contributed by atoms with van der Waals surface area (Å²) >= 11 is 0. The number of nitrogens with one attached hydrogen (secondary N) is 2. The number of likely N-dealkylation sites (N-methyl/N-ethyl adjacent to an activating group) is 1. The molecule has 1 aliphatic rings. The molecule has 4 atom stereocenters. The number of nitrogen functional groups attached to an aromatic ring is 1. The molecule has 3 heterocycles. The molecule has 0 aromatic carbocycles. The number of aliphatic hydroxyl groups excluding tert-OH is 2. The molecule has 2 unspecified atom stereocenters. The van der Waals surface area contributed by atoms with Gasteiger partial charge in [-0.05, 0) is 7.05 Å². The molecule has 2 aromatic heterocycles. The topological polar surface area (TPSA) is 143 Å². The molecule has 0 bridgehead atoms. The first-order valence-corrected chi connectivity index (χ1v) is 6.90. The van der Waals surface area contributed by atoms with Gasteiger partial charge in [-0.25, -0.2) is 15.0 Å². The lowest BCUT2D eigenvalue weighted by Gasteiger charge is -2.18. The van der Waals surface area contributed by atoms with Crippen molar-refractivity contribution in [3.05, 3.63) is 6.33 Å². The minimum atomic E-state index is -1.11. The van der Waals surface area contributed by atoms with Gasteiger partial charge in [-0.1, -0.05) is 0 Å². The van der Waals surface area contributed by atoms with Crippen LogP contribution in [0.3, 0.4) is 0 Å². The average Bonchev–Trinajstić information content (AvgIpc) is 3.01. The van der Waals surface area contributed by atoms with Crippen molar-refractivity contribution in [3.8, 4) is 0 Å². The van der Waals surface area contributed by atoms with Crippen LogP contribution in [0.1, 0.15) is 6.23 Å². The standard InChI is InChI=1S/C12H19N7O3/c1-14-3-5-7(20)8(21)11(22-5)19-10-6(18-12(19)15-2)9(13)16-4-17-10/h4-5,7-8,11,14,20-21H,3H2,1-2H3,(H,15,18)(H2,13,16,17)/t5-,7?,8?,11-/m1/s1. The smallest absolute Gasteiger partial charge is 0.207 e. The molecule has 0 aliphatic carbocycles. The number of hydrogen-bond donors (Lipinski definition) is 5. The van der Waals surface area contributed by atoms with Crippen LogP contribution < -0.4 is 16.4 Å². The lowest BCUT2D eigenvalue weighted by molar-refractivity contribution is -0.0325. The third-order valence-electron chi connectivity index (χ3n) is 3.73. The van der Waals surface area contributed by atoms with Gasteiger partial charge in [0.2, 0.25) is 5.95 Å². The molecule has 6 N–H and O–H groups in total. The van der Waals surface area contributed by atoms with E-state index in [0.717, 1.165) is 0 Å². The fraction of sp³-hybridized carbons (Fsp3) is 0.583. The van der Waals surface area contributed by atoms with Crippen molar-refractivity contribution in [3.63, 3.8) is 0 Å². The van der Waals surface area contributed by atoms with E-state index in [2.05, 4.69) is 25.6 Å². The minimum absolute atomic E-state index is 0.236. The molecule has 10 heteroatoms. The fourth-order valence-corrected chi connectivity index (χ4v) is 2.66. The van der Waals surface area contributed by atoms with E-state index in [0.29, 0.717) is 23.7 Å². The summed E-state index contributed by atoms with van der Waals surface area (Å²) in [4.78, 5) is 12.4. The first kappa shape index (κ1) is 14.9. The number of hydrogen-bond acceptors (Lipinski definition) is 9. The zero-order chi connectivity index (χ0) is 15.9. The van der Waals surface area contributed by atoms with Gasteiger partial charge in [0.05, 0.1) is 0 Å². The third-order valence-corrected chi connectivity index (χ3v) is 3.73. The van der Waals surface area contributed by atoms with E-state index < -0.39 is 24.5 Å². The first-order chi connectivity index (χ1) is 10.6. The zero-order valence-electron chi connectivity index (χ0n) is 12.3. The summed E-state index contributed by atoms with van der Waals surface area (Å²) in [6.45, 7) is 0.410. The molecule has 120 valence electrons. The Morgan fingerprint density at radius 1 is 1.32 bits per heavy atom. The van der Waals surface area contributed by atoms with Gasteiger partial charge < -0.3 is 31.3 Å². The van der Waals surface area contributed by atoms with E-state index in [1.165, 1.54) is 6.33 Å². The van der Waals surface area contributed by atoms with Crippen molar-refractivity contribution >= 4 is 22.9 Å². The Labute approximate surface area is 126 Å². The van der Waals surface area contributed by atoms with Gasteiger partial charge in [-0.2, -0.15) is 0 Å². The second kappa shape index (κ2) is 5.65. The molecule has 10 nitrogen and oxygen atoms in total. The van der Waals surface area contributed by atoms with Crippen LogP contribution in [0, 0.1) is 0 Å². The number of nitrogens with zero attached hydrogens (tertiary/aromatic N) is 4. The largest absolute Gasteiger partial charge is 0.387 e. The summed E-state index contributed by atoms with van der Waals surface area (Å²) in [5, 5.41) is 26.3. The van der Waals surface area contributed by atoms with Crippen molar-refractivity contribution in [2.24, 2.45) is 0 Å². The summed E-state index contributed by atoms with van der Waals surface area (Å²) in [5.41, 5.74) is 6.65. The maximum atomic E-state index is 10.3. The van der Waals surface area contributed by atoms with Crippen LogP contribution in [0.2, 0.25) is 0 Å². The van der Waals surface area contributed by atoms with E-state index in [4.69, 9.17) is 10.5 Å². The van der Waals surface area contributed by atoms with E-state index >= 15 is 0 Å². The molecule has 0 spiro atoms. The molecule has 1 fully saturated rings. The van der Waals surface area contributed by atoms with E-state index in [-0.39, 0.29) is 5.82 Å². The lowest BCUT2D eigenvalue weighted by atomic mass is 10.1. The van der Waals surface area contributed by atoms with Crippen LogP contribution >= 0.6 is 0 Å². The second-order valence-corrected chi connectivity index (χ2v) is 5.09. The number of fused-ring (bicyclic) bond motifs is 1. The van der Waals surface area contributed by atoms with Gasteiger partial charge in [0.25, 0.3) is 0 Å². The highest BCUT2D eigenvalue weighted by molar-refractivity contribution is 5.84. The van der Waals surface area contributed by atoms with Crippen LogP contribution in [0.15, 0.2) is 6.33 Å². The van der Waals surface area contributed by atoms with Gasteiger partial charge in [0, 0.05) is 13.6 Å². The Hall–Kier alpha value is -2.01. The summed E-state index contributed by atoms with van der Waals surface area (Å²) < 4.78 is 7.36. The molecule has 3 rings (SSSR count). The van der Waals surface area contributed by atoms with Crippen LogP contribution in [0.25, 0.3) is 11.2 Å². The number of ether oxygens (including phenoxy) is 1. The number of anilines is 2. The monoisotopic (exact) mass is 309 g/mol. The second-order valence-electron chi connectivity index (χ2n) is 5.09. The quantitative estimate of drug-likeness (QED) is 0.446. The molecular weight excluding hydrogens is 290 g/mol. The van der Waals surface area contributed by atoms with Gasteiger partial charge in [-0.15, -0.1) is 0 Å². The summed E-state index contributed by atoms with van der Waals surface area (Å²) in [6.07, 6.45) is -2.17. The highest BCUT2D eigenvalue weighted by Crippen LogP contribution is 2.34. The zero-order valence-corrected chi connectivity index (χ0v) is 12.3. The Morgan fingerprint density at radius 2 is 2.09 bits per heavy atom. The number of nitrogens with two attached hydrogens (primary N) is 1. The molecule has 1 aliphatic heterocycles. The third kappa shape index (κ3) is 2.16. The van der Waals surface area contributed by atoms with Crippen molar-refractivity contribution in [1.82, 2.24) is 24.8 Å². The van der Waals surface area contributed by atoms with Crippen molar-refractivity contribution in [1.29, 1.82) is 0 Å². The molecule has 2 aromatic rings. The molecule has 1 saturated heterocycles. The predicted molar refractivity (Wildman–Crippen MR) is 79.1 cm³/mol. The molecule has 0 radical (unpaired) electrons. The summed E-state index contributed by atoms with van der Waals surface area (Å²) in [7, 11) is 3.43. The Morgan fingerprint density at radius 3 is 2.77 bits per heavy atom. The van der Waals surface area contributed by atoms with E-state index in [1.807, 2.05) is 0 Å². The van der Waals surface area contributed by atoms with Gasteiger partial charge in [0.1, 0.15) is 24.6 Å². The normalized spacial score (nSPS) is 28.4. The van der Waals surface area contributed by atoms with Crippen LogP contribution in [-0.4, -0.2) is 68.7 Å². The van der Waals surface area contributed by atoms with Gasteiger partial charge >= 0.3 is 0 Å².